The Balaban J connectivity index is 1.54. The van der Waals surface area contributed by atoms with E-state index in [-0.39, 0.29) is 5.91 Å². The fraction of sp³-hybridized carbons (Fsp3) is 0.227. The first-order valence-corrected chi connectivity index (χ1v) is 10.5. The van der Waals surface area contributed by atoms with Crippen molar-refractivity contribution in [3.05, 3.63) is 59.3 Å². The number of fused-ring (bicyclic) bond motifs is 1. The van der Waals surface area contributed by atoms with Crippen molar-refractivity contribution in [1.29, 1.82) is 0 Å². The first-order valence-electron chi connectivity index (χ1n) is 9.63. The molecule has 148 valence electrons. The minimum Gasteiger partial charge on any atom is -0.383 e. The molecule has 7 heteroatoms. The highest BCUT2D eigenvalue weighted by atomic mass is 32.1. The first-order chi connectivity index (χ1) is 14.1. The van der Waals surface area contributed by atoms with Crippen LogP contribution in [0.1, 0.15) is 25.3 Å². The Morgan fingerprint density at radius 3 is 3.00 bits per heavy atom. The number of allylic oxidation sites excluding steroid dienone is 1. The molecule has 0 spiro atoms. The van der Waals surface area contributed by atoms with Gasteiger partial charge in [-0.15, -0.1) is 11.3 Å². The van der Waals surface area contributed by atoms with Crippen molar-refractivity contribution in [1.82, 2.24) is 14.9 Å². The Morgan fingerprint density at radius 1 is 1.31 bits per heavy atom. The maximum Gasteiger partial charge on any atom is 0.222 e. The van der Waals surface area contributed by atoms with Crippen molar-refractivity contribution in [3.8, 4) is 0 Å². The molecule has 1 aromatic carbocycles. The summed E-state index contributed by atoms with van der Waals surface area (Å²) >= 11 is 1.61. The van der Waals surface area contributed by atoms with Crippen LogP contribution in [0.3, 0.4) is 0 Å². The number of nitrogens with one attached hydrogen (secondary N) is 1. The molecule has 3 aromatic rings. The number of amides is 1. The van der Waals surface area contributed by atoms with Crippen molar-refractivity contribution in [2.45, 2.75) is 19.8 Å². The van der Waals surface area contributed by atoms with Gasteiger partial charge in [0, 0.05) is 37.0 Å². The van der Waals surface area contributed by atoms with E-state index in [1.54, 1.807) is 17.5 Å². The third kappa shape index (κ3) is 4.30. The highest BCUT2D eigenvalue weighted by Crippen LogP contribution is 2.29. The summed E-state index contributed by atoms with van der Waals surface area (Å²) in [7, 11) is 0. The van der Waals surface area contributed by atoms with Crippen molar-refractivity contribution < 1.29 is 4.79 Å². The van der Waals surface area contributed by atoms with Crippen LogP contribution in [0.15, 0.2) is 53.7 Å². The number of aromatic nitrogens is 2. The average Bonchev–Trinajstić information content (AvgIpc) is 3.21. The molecular formula is C22H23N5OS. The van der Waals surface area contributed by atoms with E-state index in [1.165, 1.54) is 5.57 Å². The summed E-state index contributed by atoms with van der Waals surface area (Å²) in [6.45, 7) is 3.31. The fourth-order valence-electron chi connectivity index (χ4n) is 3.34. The van der Waals surface area contributed by atoms with E-state index >= 15 is 0 Å². The maximum absolute atomic E-state index is 11.8. The molecule has 3 N–H and O–H groups in total. The number of thiazole rings is 1. The largest absolute Gasteiger partial charge is 0.383 e. The van der Waals surface area contributed by atoms with E-state index in [2.05, 4.69) is 33.5 Å². The zero-order valence-electron chi connectivity index (χ0n) is 16.3. The molecule has 2 aromatic heterocycles. The number of benzene rings is 1. The molecule has 3 heterocycles. The van der Waals surface area contributed by atoms with Gasteiger partial charge in [-0.2, -0.15) is 0 Å². The van der Waals surface area contributed by atoms with Gasteiger partial charge >= 0.3 is 0 Å². The molecule has 0 fully saturated rings. The molecule has 0 saturated heterocycles. The van der Waals surface area contributed by atoms with Crippen LogP contribution in [0.2, 0.25) is 0 Å². The average molecular weight is 406 g/mol. The second-order valence-electron chi connectivity index (χ2n) is 6.87. The highest BCUT2D eigenvalue weighted by Gasteiger charge is 2.14. The van der Waals surface area contributed by atoms with E-state index in [9.17, 15) is 4.79 Å². The molecule has 1 aliphatic heterocycles. The third-order valence-corrected chi connectivity index (χ3v) is 5.79. The van der Waals surface area contributed by atoms with Crippen LogP contribution in [0.5, 0.6) is 0 Å². The molecule has 0 bridgehead atoms. The Hall–Kier alpha value is -3.19. The van der Waals surface area contributed by atoms with Crippen LogP contribution in [0.4, 0.5) is 17.2 Å². The van der Waals surface area contributed by atoms with Gasteiger partial charge in [0.05, 0.1) is 21.4 Å². The van der Waals surface area contributed by atoms with Gasteiger partial charge in [-0.3, -0.25) is 4.79 Å². The lowest BCUT2D eigenvalue weighted by Gasteiger charge is -2.25. The molecule has 0 unspecified atom stereocenters. The highest BCUT2D eigenvalue weighted by molar-refractivity contribution is 7.16. The van der Waals surface area contributed by atoms with E-state index < -0.39 is 0 Å². The van der Waals surface area contributed by atoms with Gasteiger partial charge in [-0.25, -0.2) is 9.97 Å². The van der Waals surface area contributed by atoms with E-state index in [1.807, 2.05) is 41.6 Å². The normalized spacial score (nSPS) is 14.4. The predicted octanol–water partition coefficient (Wildman–Crippen LogP) is 4.60. The van der Waals surface area contributed by atoms with Gasteiger partial charge < -0.3 is 16.0 Å². The molecule has 6 nitrogen and oxygen atoms in total. The quantitative estimate of drug-likeness (QED) is 0.648. The number of hydrogen-bond acceptors (Lipinski definition) is 6. The third-order valence-electron chi connectivity index (χ3n) is 4.99. The minimum atomic E-state index is 0.199. The lowest BCUT2D eigenvalue weighted by molar-refractivity contribution is -0.130. The van der Waals surface area contributed by atoms with Gasteiger partial charge in [0.2, 0.25) is 5.91 Å². The van der Waals surface area contributed by atoms with Crippen LogP contribution < -0.4 is 11.1 Å². The Bertz CT molecular complexity index is 1100. The number of carbonyl (C=O) groups is 1. The summed E-state index contributed by atoms with van der Waals surface area (Å²) in [6, 6.07) is 8.02. The van der Waals surface area contributed by atoms with E-state index in [0.717, 1.165) is 40.1 Å². The monoisotopic (exact) mass is 405 g/mol. The molecule has 4 rings (SSSR count). The predicted molar refractivity (Wildman–Crippen MR) is 120 cm³/mol. The number of nitrogens with zero attached hydrogens (tertiary/aromatic N) is 3. The molecule has 0 saturated carbocycles. The fourth-order valence-corrected chi connectivity index (χ4v) is 4.05. The molecule has 29 heavy (non-hydrogen) atoms. The van der Waals surface area contributed by atoms with Crippen LogP contribution in [0.25, 0.3) is 16.3 Å². The van der Waals surface area contributed by atoms with E-state index in [0.29, 0.717) is 18.8 Å². The topological polar surface area (TPSA) is 84.1 Å². The van der Waals surface area contributed by atoms with Crippen LogP contribution >= 0.6 is 11.3 Å². The second kappa shape index (κ2) is 8.45. The lowest BCUT2D eigenvalue weighted by Crippen LogP contribution is -2.34. The van der Waals surface area contributed by atoms with Crippen LogP contribution in [0, 0.1) is 0 Å². The molecule has 1 amide bonds. The summed E-state index contributed by atoms with van der Waals surface area (Å²) < 4.78 is 1.13. The molecule has 1 aliphatic rings. The van der Waals surface area contributed by atoms with Crippen LogP contribution in [-0.2, 0) is 4.79 Å². The number of pyridine rings is 1. The molecule has 0 atom stereocenters. The number of carbonyl (C=O) groups excluding carboxylic acids is 1. The number of nitrogens with two attached hydrogens (primary N) is 1. The smallest absolute Gasteiger partial charge is 0.222 e. The first kappa shape index (κ1) is 19.1. The Kier molecular flexibility index (Phi) is 5.57. The number of hydrogen-bond donors (Lipinski definition) is 2. The Morgan fingerprint density at radius 2 is 2.21 bits per heavy atom. The summed E-state index contributed by atoms with van der Waals surface area (Å²) in [5.74, 6) is 0.675. The number of anilines is 3. The second-order valence-corrected chi connectivity index (χ2v) is 7.76. The Labute approximate surface area is 173 Å². The standard InChI is InChI=1S/C22H23N5OS/c1-2-21(28)27-11-8-15(9-12-27)3-5-17-18(7-10-24-22(17)23)26-16-4-6-19-20(13-16)29-14-25-19/h3-8,10,13-14H,2,9,11-12H2,1H3,(H3,23,24,26)/b5-3+. The summed E-state index contributed by atoms with van der Waals surface area (Å²) in [5, 5.41) is 3.45. The van der Waals surface area contributed by atoms with Crippen molar-refractivity contribution in [2.24, 2.45) is 0 Å². The van der Waals surface area contributed by atoms with Gasteiger partial charge in [-0.1, -0.05) is 19.1 Å². The minimum absolute atomic E-state index is 0.199. The zero-order valence-corrected chi connectivity index (χ0v) is 17.1. The van der Waals surface area contributed by atoms with Crippen molar-refractivity contribution >= 4 is 50.7 Å². The number of rotatable bonds is 5. The van der Waals surface area contributed by atoms with Crippen molar-refractivity contribution in [3.63, 3.8) is 0 Å². The van der Waals surface area contributed by atoms with Crippen molar-refractivity contribution in [2.75, 3.05) is 24.1 Å². The van der Waals surface area contributed by atoms with Gasteiger partial charge in [0.25, 0.3) is 0 Å². The lowest BCUT2D eigenvalue weighted by atomic mass is 10.1. The molecular weight excluding hydrogens is 382 g/mol. The van der Waals surface area contributed by atoms with Gasteiger partial charge in [0.15, 0.2) is 0 Å². The summed E-state index contributed by atoms with van der Waals surface area (Å²) in [5.41, 5.74) is 12.9. The van der Waals surface area contributed by atoms with Crippen LogP contribution in [-0.4, -0.2) is 33.9 Å². The maximum atomic E-state index is 11.8. The summed E-state index contributed by atoms with van der Waals surface area (Å²) in [6.07, 6.45) is 9.26. The van der Waals surface area contributed by atoms with Gasteiger partial charge in [0.1, 0.15) is 5.82 Å². The van der Waals surface area contributed by atoms with Gasteiger partial charge in [-0.05, 0) is 42.3 Å². The number of nitrogen functional groups attached to an aromatic ring is 1. The SMILES string of the molecule is CCC(=O)N1CC=C(/C=C/c2c(Nc3ccc4ncsc4c3)ccnc2N)CC1. The van der Waals surface area contributed by atoms with E-state index in [4.69, 9.17) is 5.73 Å². The summed E-state index contributed by atoms with van der Waals surface area (Å²) in [4.78, 5) is 22.3. The molecule has 0 aliphatic carbocycles. The zero-order chi connectivity index (χ0) is 20.2. The molecule has 0 radical (unpaired) electrons.